The number of benzene rings is 1. The summed E-state index contributed by atoms with van der Waals surface area (Å²) < 4.78 is 0. The third-order valence-corrected chi connectivity index (χ3v) is 3.66. The summed E-state index contributed by atoms with van der Waals surface area (Å²) >= 11 is 4.72. The van der Waals surface area contributed by atoms with Gasteiger partial charge in [-0.25, -0.2) is 4.79 Å². The maximum absolute atomic E-state index is 12.2. The van der Waals surface area contributed by atoms with Gasteiger partial charge in [0.25, 0.3) is 0 Å². The topological polar surface area (TPSA) is 141 Å². The Morgan fingerprint density at radius 1 is 1.21 bits per heavy atom. The Labute approximate surface area is 140 Å². The molecular weight excluding hydrogens is 338 g/mol. The van der Waals surface area contributed by atoms with Crippen LogP contribution >= 0.6 is 12.2 Å². The molecule has 3 unspecified atom stereocenters. The van der Waals surface area contributed by atoms with Crippen molar-refractivity contribution in [1.29, 1.82) is 0 Å². The molecule has 0 aromatic heterocycles. The second-order valence-electron chi connectivity index (χ2n) is 5.08. The number of anilines is 1. The van der Waals surface area contributed by atoms with Crippen LogP contribution in [-0.4, -0.2) is 34.4 Å². The fourth-order valence-corrected chi connectivity index (χ4v) is 2.49. The fraction of sp³-hybridized carbons (Fsp3) is 0.231. The van der Waals surface area contributed by atoms with Crippen molar-refractivity contribution in [3.63, 3.8) is 0 Å². The number of hydrogen-bond donors (Lipinski definition) is 6. The number of hydroxylamine groups is 1. The molecule has 0 aliphatic carbocycles. The molecule has 3 rings (SSSR count). The highest BCUT2D eigenvalue weighted by Gasteiger charge is 2.38. The van der Waals surface area contributed by atoms with E-state index in [2.05, 4.69) is 31.6 Å². The summed E-state index contributed by atoms with van der Waals surface area (Å²) in [6.07, 6.45) is -2.47. The van der Waals surface area contributed by atoms with Crippen LogP contribution in [0.25, 0.3) is 0 Å². The quantitative estimate of drug-likeness (QED) is 0.295. The molecule has 0 radical (unpaired) electrons. The summed E-state index contributed by atoms with van der Waals surface area (Å²) in [5.41, 5.74) is 3.62. The first-order valence-electron chi connectivity index (χ1n) is 6.87. The summed E-state index contributed by atoms with van der Waals surface area (Å²) in [5.74, 6) is -2.70. The first-order valence-corrected chi connectivity index (χ1v) is 7.28. The fourth-order valence-electron chi connectivity index (χ4n) is 2.27. The highest BCUT2D eigenvalue weighted by Crippen LogP contribution is 2.18. The van der Waals surface area contributed by atoms with E-state index in [0.29, 0.717) is 11.3 Å². The van der Waals surface area contributed by atoms with Crippen LogP contribution in [0.1, 0.15) is 11.7 Å². The molecule has 3 atom stereocenters. The maximum Gasteiger partial charge on any atom is 0.427 e. The number of aliphatic hydroxyl groups excluding tert-OH is 1. The van der Waals surface area contributed by atoms with Gasteiger partial charge in [-0.05, 0) is 29.9 Å². The first kappa shape index (κ1) is 16.1. The standard InChI is InChI=1S/C13H13N5O5S/c19-9(7-10(20)16-12(24)17-11(7)21)14-6-3-1-5(2-4-6)8-15-13(22)23-18-8/h1-4,7-8,10,18,20H,(H,14,19)(H,15,22)(H2,16,17,21,24). The van der Waals surface area contributed by atoms with Gasteiger partial charge in [-0.15, -0.1) is 5.48 Å². The second-order valence-corrected chi connectivity index (χ2v) is 5.49. The van der Waals surface area contributed by atoms with Gasteiger partial charge in [0.15, 0.2) is 11.0 Å². The molecule has 1 aromatic carbocycles. The molecule has 0 bridgehead atoms. The number of thiocarbonyl (C=S) groups is 1. The molecule has 3 amide bonds. The molecule has 2 aliphatic rings. The Kier molecular flexibility index (Phi) is 4.29. The van der Waals surface area contributed by atoms with Crippen molar-refractivity contribution in [1.82, 2.24) is 21.4 Å². The average Bonchev–Trinajstić information content (AvgIpc) is 2.93. The van der Waals surface area contributed by atoms with E-state index >= 15 is 0 Å². The van der Waals surface area contributed by atoms with E-state index in [-0.39, 0.29) is 5.11 Å². The predicted octanol–water partition coefficient (Wildman–Crippen LogP) is -1.19. The highest BCUT2D eigenvalue weighted by atomic mass is 32.1. The van der Waals surface area contributed by atoms with E-state index in [1.807, 2.05) is 0 Å². The lowest BCUT2D eigenvalue weighted by molar-refractivity contribution is -0.137. The lowest BCUT2D eigenvalue weighted by Gasteiger charge is -2.28. The van der Waals surface area contributed by atoms with Crippen molar-refractivity contribution >= 4 is 40.9 Å². The molecule has 2 heterocycles. The van der Waals surface area contributed by atoms with Gasteiger partial charge in [0.1, 0.15) is 12.4 Å². The molecule has 2 fully saturated rings. The van der Waals surface area contributed by atoms with Crippen LogP contribution in [0.15, 0.2) is 24.3 Å². The Bertz CT molecular complexity index is 709. The summed E-state index contributed by atoms with van der Waals surface area (Å²) in [5, 5.41) is 19.5. The van der Waals surface area contributed by atoms with Crippen molar-refractivity contribution in [3.8, 4) is 0 Å². The lowest BCUT2D eigenvalue weighted by atomic mass is 10.0. The number of amides is 3. The molecule has 2 saturated heterocycles. The van der Waals surface area contributed by atoms with Crippen LogP contribution < -0.4 is 26.7 Å². The summed E-state index contributed by atoms with van der Waals surface area (Å²) in [6.45, 7) is 0. The third kappa shape index (κ3) is 3.27. The minimum Gasteiger partial charge on any atom is -0.372 e. The Balaban J connectivity index is 1.65. The van der Waals surface area contributed by atoms with Gasteiger partial charge in [-0.2, -0.15) is 0 Å². The molecule has 0 spiro atoms. The van der Waals surface area contributed by atoms with Crippen LogP contribution in [0, 0.1) is 5.92 Å². The van der Waals surface area contributed by atoms with Crippen LogP contribution in [0.4, 0.5) is 10.5 Å². The molecule has 10 nitrogen and oxygen atoms in total. The van der Waals surface area contributed by atoms with E-state index in [0.717, 1.165) is 0 Å². The van der Waals surface area contributed by atoms with Crippen molar-refractivity contribution in [2.24, 2.45) is 5.92 Å². The summed E-state index contributed by atoms with van der Waals surface area (Å²) in [6, 6.07) is 6.50. The molecule has 6 N–H and O–H groups in total. The third-order valence-electron chi connectivity index (χ3n) is 3.44. The average molecular weight is 351 g/mol. The SMILES string of the molecule is O=C1NC(c2ccc(NC(=O)C3C(=O)NC(=S)NC3O)cc2)NO1. The van der Waals surface area contributed by atoms with Crippen molar-refractivity contribution < 1.29 is 24.3 Å². The van der Waals surface area contributed by atoms with Gasteiger partial charge in [0.2, 0.25) is 11.8 Å². The van der Waals surface area contributed by atoms with Crippen molar-refractivity contribution in [2.75, 3.05) is 5.32 Å². The van der Waals surface area contributed by atoms with Crippen molar-refractivity contribution in [3.05, 3.63) is 29.8 Å². The van der Waals surface area contributed by atoms with Crippen LogP contribution in [0.5, 0.6) is 0 Å². The van der Waals surface area contributed by atoms with Gasteiger partial charge in [0, 0.05) is 5.69 Å². The normalized spacial score (nSPS) is 26.0. The molecule has 24 heavy (non-hydrogen) atoms. The lowest BCUT2D eigenvalue weighted by Crippen LogP contribution is -2.61. The molecule has 2 aliphatic heterocycles. The molecule has 0 saturated carbocycles. The molecule has 126 valence electrons. The minimum absolute atomic E-state index is 0.0331. The summed E-state index contributed by atoms with van der Waals surface area (Å²) in [4.78, 5) is 39.5. The highest BCUT2D eigenvalue weighted by molar-refractivity contribution is 7.80. The largest absolute Gasteiger partial charge is 0.427 e. The van der Waals surface area contributed by atoms with Gasteiger partial charge < -0.3 is 25.9 Å². The van der Waals surface area contributed by atoms with E-state index in [1.165, 1.54) is 0 Å². The van der Waals surface area contributed by atoms with Gasteiger partial charge in [0.05, 0.1) is 0 Å². The Morgan fingerprint density at radius 2 is 1.92 bits per heavy atom. The second kappa shape index (κ2) is 6.39. The number of carbonyl (C=O) groups is 3. The number of nitrogens with one attached hydrogen (secondary N) is 5. The molecule has 1 aromatic rings. The monoisotopic (exact) mass is 351 g/mol. The van der Waals surface area contributed by atoms with Crippen LogP contribution in [0.2, 0.25) is 0 Å². The van der Waals surface area contributed by atoms with Crippen LogP contribution in [0.3, 0.4) is 0 Å². The smallest absolute Gasteiger partial charge is 0.372 e. The van der Waals surface area contributed by atoms with E-state index in [9.17, 15) is 19.5 Å². The molecular formula is C13H13N5O5S. The zero-order valence-corrected chi connectivity index (χ0v) is 12.8. The minimum atomic E-state index is -1.40. The van der Waals surface area contributed by atoms with Gasteiger partial charge >= 0.3 is 6.09 Å². The Morgan fingerprint density at radius 3 is 2.50 bits per heavy atom. The zero-order chi connectivity index (χ0) is 17.3. The van der Waals surface area contributed by atoms with Crippen molar-refractivity contribution in [2.45, 2.75) is 12.4 Å². The Hall–Kier alpha value is -2.76. The predicted molar refractivity (Wildman–Crippen MR) is 83.9 cm³/mol. The number of rotatable bonds is 3. The van der Waals surface area contributed by atoms with E-state index in [4.69, 9.17) is 12.2 Å². The van der Waals surface area contributed by atoms with Gasteiger partial charge in [-0.3, -0.25) is 14.9 Å². The number of aliphatic hydroxyl groups is 1. The molecule has 11 heteroatoms. The first-order chi connectivity index (χ1) is 11.4. The van der Waals surface area contributed by atoms with E-state index < -0.39 is 36.2 Å². The van der Waals surface area contributed by atoms with E-state index in [1.54, 1.807) is 24.3 Å². The number of hydrogen-bond acceptors (Lipinski definition) is 7. The van der Waals surface area contributed by atoms with Crippen LogP contribution in [-0.2, 0) is 14.4 Å². The summed E-state index contributed by atoms with van der Waals surface area (Å²) in [7, 11) is 0. The van der Waals surface area contributed by atoms with Gasteiger partial charge in [-0.1, -0.05) is 12.1 Å². The maximum atomic E-state index is 12.2. The number of carbonyl (C=O) groups excluding carboxylic acids is 3. The zero-order valence-electron chi connectivity index (χ0n) is 12.0.